The van der Waals surface area contributed by atoms with Crippen molar-refractivity contribution in [2.75, 3.05) is 0 Å². The average Bonchev–Trinajstić information content (AvgIpc) is 2.46. The van der Waals surface area contributed by atoms with Crippen LogP contribution in [-0.4, -0.2) is 17.1 Å². The smallest absolute Gasteiger partial charge is 0.121 e. The van der Waals surface area contributed by atoms with Gasteiger partial charge in [-0.15, -0.1) is 0 Å². The van der Waals surface area contributed by atoms with Gasteiger partial charge >= 0.3 is 0 Å². The molecule has 0 bridgehead atoms. The Bertz CT molecular complexity index is 595. The number of benzene rings is 1. The van der Waals surface area contributed by atoms with Crippen LogP contribution in [0.5, 0.6) is 5.75 Å². The van der Waals surface area contributed by atoms with Crippen LogP contribution >= 0.6 is 23.2 Å². The molecule has 2 aromatic rings. The van der Waals surface area contributed by atoms with E-state index in [4.69, 9.17) is 33.8 Å². The van der Waals surface area contributed by atoms with Gasteiger partial charge in [-0.05, 0) is 43.2 Å². The summed E-state index contributed by atoms with van der Waals surface area (Å²) < 4.78 is 5.87. The van der Waals surface area contributed by atoms with Crippen LogP contribution in [0.1, 0.15) is 12.5 Å². The second-order valence-corrected chi connectivity index (χ2v) is 5.57. The highest BCUT2D eigenvalue weighted by Crippen LogP contribution is 2.21. The minimum atomic E-state index is -0.155. The number of aromatic nitrogens is 1. The molecule has 112 valence electrons. The van der Waals surface area contributed by atoms with Crippen LogP contribution in [0.3, 0.4) is 0 Å². The van der Waals surface area contributed by atoms with Gasteiger partial charge in [0.15, 0.2) is 0 Å². The normalized spacial score (nSPS) is 13.7. The third-order valence-electron chi connectivity index (χ3n) is 3.20. The topological polar surface area (TPSA) is 60.2 Å². The molecule has 1 aromatic carbocycles. The van der Waals surface area contributed by atoms with E-state index in [2.05, 4.69) is 10.4 Å². The van der Waals surface area contributed by atoms with Crippen molar-refractivity contribution in [3.05, 3.63) is 58.3 Å². The standard InChI is InChI=1S/C15H17Cl2N3O/c1-10(21-13-4-2-3-12(16)8-13)15(20-18)7-11-5-6-19-9-14(11)17/h2-6,8-10,15,20H,7,18H2,1H3. The average molecular weight is 326 g/mol. The molecule has 4 nitrogen and oxygen atoms in total. The molecule has 0 saturated heterocycles. The van der Waals surface area contributed by atoms with Crippen molar-refractivity contribution in [2.45, 2.75) is 25.5 Å². The molecular formula is C15H17Cl2N3O. The van der Waals surface area contributed by atoms with Gasteiger partial charge in [-0.25, -0.2) is 0 Å². The fourth-order valence-corrected chi connectivity index (χ4v) is 2.38. The Morgan fingerprint density at radius 3 is 2.81 bits per heavy atom. The predicted molar refractivity (Wildman–Crippen MR) is 85.6 cm³/mol. The van der Waals surface area contributed by atoms with Crippen LogP contribution in [0.25, 0.3) is 0 Å². The minimum absolute atomic E-state index is 0.0936. The van der Waals surface area contributed by atoms with Crippen LogP contribution in [-0.2, 0) is 6.42 Å². The van der Waals surface area contributed by atoms with Crippen LogP contribution in [0.4, 0.5) is 0 Å². The Morgan fingerprint density at radius 1 is 1.33 bits per heavy atom. The number of nitrogens with zero attached hydrogens (tertiary/aromatic N) is 1. The molecule has 0 aliphatic rings. The molecule has 0 aliphatic heterocycles. The third-order valence-corrected chi connectivity index (χ3v) is 3.77. The van der Waals surface area contributed by atoms with E-state index in [1.807, 2.05) is 25.1 Å². The molecule has 6 heteroatoms. The number of ether oxygens (including phenoxy) is 1. The van der Waals surface area contributed by atoms with Gasteiger partial charge in [-0.1, -0.05) is 29.3 Å². The molecule has 1 heterocycles. The number of rotatable bonds is 6. The van der Waals surface area contributed by atoms with E-state index >= 15 is 0 Å². The monoisotopic (exact) mass is 325 g/mol. The molecule has 0 amide bonds. The number of pyridine rings is 1. The molecule has 0 saturated carbocycles. The number of hydrogen-bond donors (Lipinski definition) is 2. The number of hydrogen-bond acceptors (Lipinski definition) is 4. The van der Waals surface area contributed by atoms with Gasteiger partial charge < -0.3 is 4.74 Å². The highest BCUT2D eigenvalue weighted by atomic mass is 35.5. The van der Waals surface area contributed by atoms with Crippen molar-refractivity contribution in [1.29, 1.82) is 0 Å². The Hall–Kier alpha value is -1.33. The van der Waals surface area contributed by atoms with Gasteiger partial charge in [0.25, 0.3) is 0 Å². The van der Waals surface area contributed by atoms with Crippen molar-refractivity contribution in [3.63, 3.8) is 0 Å². The number of nitrogens with two attached hydrogens (primary N) is 1. The molecule has 2 rings (SSSR count). The van der Waals surface area contributed by atoms with Gasteiger partial charge in [0.2, 0.25) is 0 Å². The van der Waals surface area contributed by atoms with E-state index in [0.29, 0.717) is 22.2 Å². The largest absolute Gasteiger partial charge is 0.489 e. The first-order valence-electron chi connectivity index (χ1n) is 6.57. The lowest BCUT2D eigenvalue weighted by molar-refractivity contribution is 0.169. The van der Waals surface area contributed by atoms with Crippen molar-refractivity contribution in [3.8, 4) is 5.75 Å². The molecule has 2 unspecified atom stereocenters. The summed E-state index contributed by atoms with van der Waals surface area (Å²) in [5, 5.41) is 1.25. The van der Waals surface area contributed by atoms with Crippen LogP contribution in [0.15, 0.2) is 42.7 Å². The molecule has 0 spiro atoms. The molecule has 0 fully saturated rings. The van der Waals surface area contributed by atoms with E-state index in [9.17, 15) is 0 Å². The lowest BCUT2D eigenvalue weighted by Gasteiger charge is -2.24. The van der Waals surface area contributed by atoms with E-state index in [1.165, 1.54) is 0 Å². The maximum Gasteiger partial charge on any atom is 0.121 e. The Kier molecular flexibility index (Phi) is 5.82. The molecule has 0 aliphatic carbocycles. The first-order chi connectivity index (χ1) is 10.1. The summed E-state index contributed by atoms with van der Waals surface area (Å²) in [5.41, 5.74) is 3.74. The molecule has 1 aromatic heterocycles. The molecule has 21 heavy (non-hydrogen) atoms. The summed E-state index contributed by atoms with van der Waals surface area (Å²) in [7, 11) is 0. The van der Waals surface area contributed by atoms with Crippen molar-refractivity contribution in [1.82, 2.24) is 10.4 Å². The maximum absolute atomic E-state index is 6.12. The Balaban J connectivity index is 2.05. The first-order valence-corrected chi connectivity index (χ1v) is 7.32. The fourth-order valence-electron chi connectivity index (χ4n) is 2.00. The number of halogens is 2. The summed E-state index contributed by atoms with van der Waals surface area (Å²) in [6.07, 6.45) is 3.81. The first kappa shape index (κ1) is 16.0. The van der Waals surface area contributed by atoms with Crippen molar-refractivity contribution in [2.24, 2.45) is 5.84 Å². The van der Waals surface area contributed by atoms with E-state index < -0.39 is 0 Å². The highest BCUT2D eigenvalue weighted by molar-refractivity contribution is 6.31. The zero-order chi connectivity index (χ0) is 15.2. The molecule has 2 atom stereocenters. The summed E-state index contributed by atoms with van der Waals surface area (Å²) in [6.45, 7) is 1.94. The second kappa shape index (κ2) is 7.61. The molecule has 3 N–H and O–H groups in total. The summed E-state index contributed by atoms with van der Waals surface area (Å²) >= 11 is 12.1. The van der Waals surface area contributed by atoms with E-state index in [0.717, 1.165) is 5.56 Å². The van der Waals surface area contributed by atoms with Crippen LogP contribution in [0, 0.1) is 0 Å². The van der Waals surface area contributed by atoms with Crippen molar-refractivity contribution >= 4 is 23.2 Å². The van der Waals surface area contributed by atoms with Crippen molar-refractivity contribution < 1.29 is 4.74 Å². The lowest BCUT2D eigenvalue weighted by Crippen LogP contribution is -2.46. The fraction of sp³-hybridized carbons (Fsp3) is 0.267. The third kappa shape index (κ3) is 4.58. The zero-order valence-corrected chi connectivity index (χ0v) is 13.1. The van der Waals surface area contributed by atoms with Crippen LogP contribution in [0.2, 0.25) is 10.0 Å². The van der Waals surface area contributed by atoms with E-state index in [1.54, 1.807) is 24.5 Å². The minimum Gasteiger partial charge on any atom is -0.489 e. The lowest BCUT2D eigenvalue weighted by atomic mass is 10.0. The molecular weight excluding hydrogens is 309 g/mol. The number of nitrogens with one attached hydrogen (secondary N) is 1. The van der Waals surface area contributed by atoms with Gasteiger partial charge in [0.1, 0.15) is 11.9 Å². The quantitative estimate of drug-likeness (QED) is 0.632. The predicted octanol–water partition coefficient (Wildman–Crippen LogP) is 3.23. The summed E-state index contributed by atoms with van der Waals surface area (Å²) in [4.78, 5) is 3.97. The SMILES string of the molecule is CC(Oc1cccc(Cl)c1)C(Cc1ccncc1Cl)NN. The summed E-state index contributed by atoms with van der Waals surface area (Å²) in [5.74, 6) is 6.35. The summed E-state index contributed by atoms with van der Waals surface area (Å²) in [6, 6.07) is 9.05. The zero-order valence-electron chi connectivity index (χ0n) is 11.6. The van der Waals surface area contributed by atoms with Gasteiger partial charge in [0, 0.05) is 17.4 Å². The maximum atomic E-state index is 6.12. The van der Waals surface area contributed by atoms with Gasteiger partial charge in [0.05, 0.1) is 11.1 Å². The highest BCUT2D eigenvalue weighted by Gasteiger charge is 2.19. The Labute approximate surface area is 134 Å². The second-order valence-electron chi connectivity index (χ2n) is 4.72. The molecule has 0 radical (unpaired) electrons. The number of hydrazine groups is 1. The Morgan fingerprint density at radius 2 is 2.14 bits per heavy atom. The van der Waals surface area contributed by atoms with Gasteiger partial charge in [-0.3, -0.25) is 16.3 Å². The van der Waals surface area contributed by atoms with Gasteiger partial charge in [-0.2, -0.15) is 0 Å². The van der Waals surface area contributed by atoms with E-state index in [-0.39, 0.29) is 12.1 Å². The van der Waals surface area contributed by atoms with Crippen LogP contribution < -0.4 is 16.0 Å².